The standard InChI is InChI=1S/C29H33BrN2O11/c1-16(2)26(34)42-23-17(3)41-28(36)20(15-40-27(35)19(23)14-18-8-6-5-7-9-18)32-25(33)22-24(21(38-4)10-12-31-22)43-29(37)39-13-11-30/h5-10,12,16-17,19-20,23H,11,13-15H2,1-4H3,(H,32,33)/t17-,19+,20-,23-/m0/s1. The first-order valence-electron chi connectivity index (χ1n) is 13.4. The molecule has 1 aliphatic heterocycles. The lowest BCUT2D eigenvalue weighted by Gasteiger charge is -2.29. The van der Waals surface area contributed by atoms with Crippen molar-refractivity contribution in [1.29, 1.82) is 0 Å². The molecular weight excluding hydrogens is 632 g/mol. The molecule has 14 heteroatoms. The van der Waals surface area contributed by atoms with Gasteiger partial charge in [0.2, 0.25) is 5.75 Å². The number of esters is 3. The fourth-order valence-electron chi connectivity index (χ4n) is 4.06. The highest BCUT2D eigenvalue weighted by atomic mass is 79.9. The zero-order chi connectivity index (χ0) is 31.5. The van der Waals surface area contributed by atoms with Crippen LogP contribution < -0.4 is 14.8 Å². The summed E-state index contributed by atoms with van der Waals surface area (Å²) in [5, 5.41) is 2.76. The Morgan fingerprint density at radius 2 is 1.84 bits per heavy atom. The SMILES string of the molecule is COc1ccnc(C(=O)N[C@H]2COC(=O)[C@H](Cc3ccccc3)[C@@H](OC(=O)C(C)C)[C@H](C)OC2=O)c1OC(=O)OCCBr. The van der Waals surface area contributed by atoms with E-state index in [1.54, 1.807) is 38.1 Å². The molecule has 1 aromatic heterocycles. The molecule has 43 heavy (non-hydrogen) atoms. The largest absolute Gasteiger partial charge is 0.514 e. The van der Waals surface area contributed by atoms with Crippen LogP contribution in [-0.4, -0.2) is 78.9 Å². The lowest BCUT2D eigenvalue weighted by molar-refractivity contribution is -0.176. The van der Waals surface area contributed by atoms with Gasteiger partial charge in [0.15, 0.2) is 23.6 Å². The van der Waals surface area contributed by atoms with Crippen LogP contribution in [0.5, 0.6) is 11.5 Å². The first-order chi connectivity index (χ1) is 20.5. The number of halogens is 1. The predicted octanol–water partition coefficient (Wildman–Crippen LogP) is 3.01. The van der Waals surface area contributed by atoms with Crippen LogP contribution in [0.15, 0.2) is 42.6 Å². The second-order valence-electron chi connectivity index (χ2n) is 9.73. The van der Waals surface area contributed by atoms with E-state index in [2.05, 4.69) is 26.2 Å². The molecule has 1 N–H and O–H groups in total. The van der Waals surface area contributed by atoms with E-state index in [4.69, 9.17) is 28.4 Å². The Kier molecular flexibility index (Phi) is 12.3. The molecule has 0 spiro atoms. The van der Waals surface area contributed by atoms with E-state index in [-0.39, 0.29) is 24.5 Å². The number of carbonyl (C=O) groups is 5. The minimum Gasteiger partial charge on any atom is -0.493 e. The summed E-state index contributed by atoms with van der Waals surface area (Å²) in [6, 6.07) is 8.88. The molecule has 0 unspecified atom stereocenters. The van der Waals surface area contributed by atoms with Crippen LogP contribution in [0.4, 0.5) is 4.79 Å². The number of amides is 1. The number of nitrogens with one attached hydrogen (secondary N) is 1. The van der Waals surface area contributed by atoms with E-state index in [1.807, 2.05) is 6.07 Å². The van der Waals surface area contributed by atoms with Gasteiger partial charge in [-0.05, 0) is 18.9 Å². The minimum absolute atomic E-state index is 0.000846. The van der Waals surface area contributed by atoms with Crippen LogP contribution in [0, 0.1) is 11.8 Å². The Morgan fingerprint density at radius 3 is 2.49 bits per heavy atom. The van der Waals surface area contributed by atoms with Crippen molar-refractivity contribution in [3.8, 4) is 11.5 Å². The molecule has 13 nitrogen and oxygen atoms in total. The molecular formula is C29H33BrN2O11. The topological polar surface area (TPSA) is 166 Å². The normalized spacial score (nSPS) is 20.4. The lowest BCUT2D eigenvalue weighted by Crippen LogP contribution is -2.47. The first kappa shape index (κ1) is 33.3. The van der Waals surface area contributed by atoms with E-state index < -0.39 is 72.4 Å². The molecule has 2 heterocycles. The molecule has 4 atom stereocenters. The van der Waals surface area contributed by atoms with Crippen molar-refractivity contribution in [2.45, 2.75) is 45.4 Å². The van der Waals surface area contributed by atoms with Gasteiger partial charge in [-0.25, -0.2) is 14.6 Å². The van der Waals surface area contributed by atoms with Gasteiger partial charge in [-0.1, -0.05) is 60.1 Å². The van der Waals surface area contributed by atoms with Gasteiger partial charge in [-0.2, -0.15) is 0 Å². The predicted molar refractivity (Wildman–Crippen MR) is 153 cm³/mol. The molecule has 1 amide bonds. The van der Waals surface area contributed by atoms with E-state index in [0.717, 1.165) is 5.56 Å². The van der Waals surface area contributed by atoms with E-state index in [1.165, 1.54) is 26.3 Å². The Morgan fingerprint density at radius 1 is 1.12 bits per heavy atom. The third-order valence-electron chi connectivity index (χ3n) is 6.25. The quantitative estimate of drug-likeness (QED) is 0.224. The van der Waals surface area contributed by atoms with Crippen molar-refractivity contribution in [1.82, 2.24) is 10.3 Å². The van der Waals surface area contributed by atoms with E-state index >= 15 is 0 Å². The molecule has 1 aliphatic rings. The van der Waals surface area contributed by atoms with E-state index in [0.29, 0.717) is 5.33 Å². The van der Waals surface area contributed by atoms with Crippen LogP contribution in [-0.2, 0) is 39.8 Å². The molecule has 0 radical (unpaired) electrons. The summed E-state index contributed by atoms with van der Waals surface area (Å²) in [5.41, 5.74) is 0.358. The zero-order valence-electron chi connectivity index (χ0n) is 24.1. The van der Waals surface area contributed by atoms with Gasteiger partial charge in [0, 0.05) is 17.6 Å². The second kappa shape index (κ2) is 15.9. The van der Waals surface area contributed by atoms with Crippen LogP contribution in [0.25, 0.3) is 0 Å². The first-order valence-corrected chi connectivity index (χ1v) is 14.5. The maximum atomic E-state index is 13.4. The number of hydrogen-bond donors (Lipinski definition) is 1. The molecule has 1 fully saturated rings. The van der Waals surface area contributed by atoms with Gasteiger partial charge in [0.1, 0.15) is 25.2 Å². The molecule has 2 aromatic rings. The number of carbonyl (C=O) groups excluding carboxylic acids is 5. The number of alkyl halides is 1. The van der Waals surface area contributed by atoms with Crippen molar-refractivity contribution in [3.63, 3.8) is 0 Å². The number of aromatic nitrogens is 1. The molecule has 1 aromatic carbocycles. The molecule has 0 saturated carbocycles. The van der Waals surface area contributed by atoms with Gasteiger partial charge in [0.05, 0.1) is 13.0 Å². The van der Waals surface area contributed by atoms with Crippen molar-refractivity contribution < 1.29 is 52.4 Å². The zero-order valence-corrected chi connectivity index (χ0v) is 25.7. The fraction of sp³-hybridized carbons (Fsp3) is 0.448. The van der Waals surface area contributed by atoms with E-state index in [9.17, 15) is 24.0 Å². The Bertz CT molecular complexity index is 1300. The molecule has 3 rings (SSSR count). The highest BCUT2D eigenvalue weighted by molar-refractivity contribution is 9.09. The maximum absolute atomic E-state index is 13.4. The number of pyridine rings is 1. The highest BCUT2D eigenvalue weighted by Crippen LogP contribution is 2.30. The fourth-order valence-corrected chi connectivity index (χ4v) is 4.23. The van der Waals surface area contributed by atoms with Crippen molar-refractivity contribution in [2.75, 3.05) is 25.7 Å². The number of benzene rings is 1. The third-order valence-corrected chi connectivity index (χ3v) is 6.58. The number of cyclic esters (lactones) is 2. The Hall–Kier alpha value is -4.20. The summed E-state index contributed by atoms with van der Waals surface area (Å²) < 4.78 is 32.0. The molecule has 0 bridgehead atoms. The summed E-state index contributed by atoms with van der Waals surface area (Å²) in [6.45, 7) is 4.16. The van der Waals surface area contributed by atoms with Crippen molar-refractivity contribution in [3.05, 3.63) is 53.9 Å². The molecule has 232 valence electrons. The van der Waals surface area contributed by atoms with Gasteiger partial charge >= 0.3 is 24.1 Å². The van der Waals surface area contributed by atoms with Crippen molar-refractivity contribution >= 4 is 45.9 Å². The molecule has 0 aliphatic carbocycles. The Labute approximate surface area is 256 Å². The maximum Gasteiger partial charge on any atom is 0.514 e. The van der Waals surface area contributed by atoms with Gasteiger partial charge < -0.3 is 33.7 Å². The van der Waals surface area contributed by atoms with Crippen molar-refractivity contribution in [2.24, 2.45) is 11.8 Å². The number of methoxy groups -OCH3 is 1. The Balaban J connectivity index is 1.88. The van der Waals surface area contributed by atoms with Crippen LogP contribution in [0.3, 0.4) is 0 Å². The average Bonchev–Trinajstić information content (AvgIpc) is 3.02. The monoisotopic (exact) mass is 664 g/mol. The van der Waals surface area contributed by atoms with Gasteiger partial charge in [-0.15, -0.1) is 0 Å². The third kappa shape index (κ3) is 9.14. The van der Waals surface area contributed by atoms with Gasteiger partial charge in [-0.3, -0.25) is 14.4 Å². The molecule has 1 saturated heterocycles. The second-order valence-corrected chi connectivity index (χ2v) is 10.5. The summed E-state index contributed by atoms with van der Waals surface area (Å²) in [5.74, 6) is -5.16. The number of ether oxygens (including phenoxy) is 6. The minimum atomic E-state index is -1.49. The summed E-state index contributed by atoms with van der Waals surface area (Å²) >= 11 is 3.12. The summed E-state index contributed by atoms with van der Waals surface area (Å²) in [4.78, 5) is 68.6. The lowest BCUT2D eigenvalue weighted by atomic mass is 9.91. The number of rotatable bonds is 10. The van der Waals surface area contributed by atoms with Gasteiger partial charge in [0.25, 0.3) is 5.91 Å². The average molecular weight is 665 g/mol. The summed E-state index contributed by atoms with van der Waals surface area (Å²) in [7, 11) is 1.29. The highest BCUT2D eigenvalue weighted by Gasteiger charge is 2.42. The number of nitrogens with zero attached hydrogens (tertiary/aromatic N) is 1. The summed E-state index contributed by atoms with van der Waals surface area (Å²) in [6.07, 6.45) is -2.01. The van der Waals surface area contributed by atoms with Crippen LogP contribution >= 0.6 is 15.9 Å². The number of hydrogen-bond acceptors (Lipinski definition) is 12. The van der Waals surface area contributed by atoms with Crippen LogP contribution in [0.2, 0.25) is 0 Å². The smallest absolute Gasteiger partial charge is 0.493 e. The van der Waals surface area contributed by atoms with Crippen LogP contribution in [0.1, 0.15) is 36.8 Å².